The topological polar surface area (TPSA) is 32.7 Å². The third-order valence-electron chi connectivity index (χ3n) is 3.59. The minimum Gasteiger partial charge on any atom is -0.481 e. The molecule has 1 heterocycles. The van der Waals surface area contributed by atoms with E-state index in [1.807, 2.05) is 12.1 Å². The highest BCUT2D eigenvalue weighted by Crippen LogP contribution is 2.26. The number of hydrogen-bond acceptors (Lipinski definition) is 3. The van der Waals surface area contributed by atoms with Crippen LogP contribution in [-0.2, 0) is 6.54 Å². The molecule has 0 bridgehead atoms. The van der Waals surface area contributed by atoms with Gasteiger partial charge >= 0.3 is 0 Å². The van der Waals surface area contributed by atoms with E-state index in [4.69, 9.17) is 11.2 Å². The van der Waals surface area contributed by atoms with Gasteiger partial charge in [0.05, 0.1) is 0 Å². The van der Waals surface area contributed by atoms with E-state index in [0.29, 0.717) is 5.92 Å². The summed E-state index contributed by atoms with van der Waals surface area (Å²) in [5, 5.41) is 9.31. The summed E-state index contributed by atoms with van der Waals surface area (Å²) in [4.78, 5) is 2.37. The minimum absolute atomic E-state index is 0.273. The molecule has 0 saturated carbocycles. The third-order valence-corrected chi connectivity index (χ3v) is 4.08. The Hall–Kier alpha value is -1.02. The summed E-state index contributed by atoms with van der Waals surface area (Å²) in [6.07, 6.45) is 7.51. The summed E-state index contributed by atoms with van der Waals surface area (Å²) in [5.74, 6) is 3.74. The summed E-state index contributed by atoms with van der Waals surface area (Å²) in [7, 11) is 0. The molecule has 0 aliphatic carbocycles. The van der Waals surface area contributed by atoms with Crippen molar-refractivity contribution in [2.45, 2.75) is 19.4 Å². The quantitative estimate of drug-likeness (QED) is 0.838. The van der Waals surface area contributed by atoms with Crippen LogP contribution < -0.4 is 4.74 Å². The van der Waals surface area contributed by atoms with E-state index >= 15 is 0 Å². The number of benzene rings is 1. The molecule has 1 N–H and O–H groups in total. The van der Waals surface area contributed by atoms with Gasteiger partial charge in [-0.3, -0.25) is 4.90 Å². The van der Waals surface area contributed by atoms with E-state index in [1.165, 1.54) is 0 Å². The maximum atomic E-state index is 9.31. The Balaban J connectivity index is 2.07. The van der Waals surface area contributed by atoms with Crippen molar-refractivity contribution in [3.63, 3.8) is 0 Å². The van der Waals surface area contributed by atoms with Crippen LogP contribution in [0.15, 0.2) is 22.7 Å². The fraction of sp³-hybridized carbons (Fsp3) is 0.500. The Kier molecular flexibility index (Phi) is 5.90. The molecule has 1 aromatic carbocycles. The zero-order chi connectivity index (χ0) is 14.4. The molecule has 3 nitrogen and oxygen atoms in total. The molecule has 4 heteroatoms. The van der Waals surface area contributed by atoms with Crippen LogP contribution in [0.3, 0.4) is 0 Å². The van der Waals surface area contributed by atoms with Gasteiger partial charge in [-0.2, -0.15) is 0 Å². The van der Waals surface area contributed by atoms with Crippen LogP contribution in [0.25, 0.3) is 0 Å². The Morgan fingerprint density at radius 2 is 2.35 bits per heavy atom. The lowest BCUT2D eigenvalue weighted by molar-refractivity contribution is 0.115. The monoisotopic (exact) mass is 337 g/mol. The minimum atomic E-state index is 0.273. The second kappa shape index (κ2) is 7.68. The fourth-order valence-electron chi connectivity index (χ4n) is 2.62. The van der Waals surface area contributed by atoms with Crippen molar-refractivity contribution in [2.24, 2.45) is 5.92 Å². The molecule has 0 amide bonds. The highest BCUT2D eigenvalue weighted by molar-refractivity contribution is 9.10. The van der Waals surface area contributed by atoms with Gasteiger partial charge in [0.15, 0.2) is 0 Å². The first-order valence-corrected chi connectivity index (χ1v) is 7.70. The lowest BCUT2D eigenvalue weighted by Gasteiger charge is -2.32. The first kappa shape index (κ1) is 15.4. The first-order valence-electron chi connectivity index (χ1n) is 6.91. The molecule has 0 radical (unpaired) electrons. The predicted molar refractivity (Wildman–Crippen MR) is 83.6 cm³/mol. The Labute approximate surface area is 129 Å². The predicted octanol–water partition coefficient (Wildman–Crippen LogP) is 2.67. The zero-order valence-corrected chi connectivity index (χ0v) is 13.1. The van der Waals surface area contributed by atoms with Crippen molar-refractivity contribution >= 4 is 15.9 Å². The van der Waals surface area contributed by atoms with Crippen molar-refractivity contribution < 1.29 is 9.84 Å². The van der Waals surface area contributed by atoms with Crippen LogP contribution in [0.5, 0.6) is 5.75 Å². The van der Waals surface area contributed by atoms with Gasteiger partial charge in [-0.15, -0.1) is 6.42 Å². The van der Waals surface area contributed by atoms with Crippen LogP contribution in [0, 0.1) is 18.3 Å². The zero-order valence-electron chi connectivity index (χ0n) is 11.5. The summed E-state index contributed by atoms with van der Waals surface area (Å²) in [6, 6.07) is 5.99. The van der Waals surface area contributed by atoms with Gasteiger partial charge in [0, 0.05) is 29.7 Å². The van der Waals surface area contributed by atoms with Gasteiger partial charge in [-0.1, -0.05) is 21.9 Å². The third kappa shape index (κ3) is 4.24. The molecule has 0 spiro atoms. The van der Waals surface area contributed by atoms with Gasteiger partial charge in [-0.05, 0) is 43.5 Å². The molecule has 1 aliphatic rings. The van der Waals surface area contributed by atoms with Crippen molar-refractivity contribution in [1.82, 2.24) is 4.90 Å². The summed E-state index contributed by atoms with van der Waals surface area (Å²) >= 11 is 3.50. The van der Waals surface area contributed by atoms with E-state index in [-0.39, 0.29) is 13.2 Å². The number of piperidine rings is 1. The molecule has 1 aliphatic heterocycles. The van der Waals surface area contributed by atoms with Crippen LogP contribution in [0.1, 0.15) is 18.4 Å². The number of terminal acetylenes is 1. The maximum absolute atomic E-state index is 9.31. The number of hydrogen-bond donors (Lipinski definition) is 1. The molecule has 1 unspecified atom stereocenters. The molecule has 1 aromatic rings. The second-order valence-electron chi connectivity index (χ2n) is 5.17. The van der Waals surface area contributed by atoms with Crippen molar-refractivity contribution in [2.75, 3.05) is 26.3 Å². The number of rotatable bonds is 5. The number of aliphatic hydroxyl groups excluding tert-OH is 1. The van der Waals surface area contributed by atoms with E-state index in [1.54, 1.807) is 0 Å². The SMILES string of the molecule is C#CCOc1ccc(Br)cc1CN1CCCC(CO)C1. The van der Waals surface area contributed by atoms with Crippen LogP contribution in [-0.4, -0.2) is 36.3 Å². The second-order valence-corrected chi connectivity index (χ2v) is 6.09. The number of halogens is 1. The van der Waals surface area contributed by atoms with Crippen molar-refractivity contribution in [3.05, 3.63) is 28.2 Å². The van der Waals surface area contributed by atoms with Gasteiger partial charge in [-0.25, -0.2) is 0 Å². The van der Waals surface area contributed by atoms with E-state index in [9.17, 15) is 5.11 Å². The highest BCUT2D eigenvalue weighted by Gasteiger charge is 2.20. The molecule has 1 fully saturated rings. The normalized spacial score (nSPS) is 19.6. The first-order chi connectivity index (χ1) is 9.72. The average Bonchev–Trinajstić information content (AvgIpc) is 2.47. The number of likely N-dealkylation sites (tertiary alicyclic amines) is 1. The largest absolute Gasteiger partial charge is 0.481 e. The smallest absolute Gasteiger partial charge is 0.148 e. The van der Waals surface area contributed by atoms with E-state index in [2.05, 4.69) is 32.8 Å². The number of nitrogens with zero attached hydrogens (tertiary/aromatic N) is 1. The van der Waals surface area contributed by atoms with E-state index in [0.717, 1.165) is 48.3 Å². The highest BCUT2D eigenvalue weighted by atomic mass is 79.9. The van der Waals surface area contributed by atoms with Crippen LogP contribution >= 0.6 is 15.9 Å². The Bertz CT molecular complexity index is 484. The molecular weight excluding hydrogens is 318 g/mol. The molecule has 2 rings (SSSR count). The standard InChI is InChI=1S/C16H20BrNO2/c1-2-8-20-16-6-5-15(17)9-14(16)11-18-7-3-4-13(10-18)12-19/h1,5-6,9,13,19H,3-4,7-8,10-12H2. The summed E-state index contributed by atoms with van der Waals surface area (Å²) < 4.78 is 6.64. The van der Waals surface area contributed by atoms with Gasteiger partial charge in [0.1, 0.15) is 12.4 Å². The maximum Gasteiger partial charge on any atom is 0.148 e. The molecule has 20 heavy (non-hydrogen) atoms. The lowest BCUT2D eigenvalue weighted by atomic mass is 9.98. The summed E-state index contributed by atoms with van der Waals surface area (Å²) in [5.41, 5.74) is 1.13. The molecular formula is C16H20BrNO2. The molecule has 0 aromatic heterocycles. The molecule has 1 atom stereocenters. The van der Waals surface area contributed by atoms with Gasteiger partial charge in [0.2, 0.25) is 0 Å². The van der Waals surface area contributed by atoms with Crippen molar-refractivity contribution in [1.29, 1.82) is 0 Å². The fourth-order valence-corrected chi connectivity index (χ4v) is 3.03. The molecule has 108 valence electrons. The molecule has 1 saturated heterocycles. The van der Waals surface area contributed by atoms with Gasteiger partial charge in [0.25, 0.3) is 0 Å². The van der Waals surface area contributed by atoms with Gasteiger partial charge < -0.3 is 9.84 Å². The average molecular weight is 338 g/mol. The number of ether oxygens (including phenoxy) is 1. The Morgan fingerprint density at radius 1 is 1.50 bits per heavy atom. The van der Waals surface area contributed by atoms with Crippen molar-refractivity contribution in [3.8, 4) is 18.1 Å². The summed E-state index contributed by atoms with van der Waals surface area (Å²) in [6.45, 7) is 3.40. The lowest BCUT2D eigenvalue weighted by Crippen LogP contribution is -2.36. The van der Waals surface area contributed by atoms with Crippen LogP contribution in [0.2, 0.25) is 0 Å². The Morgan fingerprint density at radius 3 is 3.10 bits per heavy atom. The number of aliphatic hydroxyl groups is 1. The van der Waals surface area contributed by atoms with E-state index < -0.39 is 0 Å². The van der Waals surface area contributed by atoms with Crippen LogP contribution in [0.4, 0.5) is 0 Å².